The maximum absolute atomic E-state index is 10.0. The Bertz CT molecular complexity index is 461. The van der Waals surface area contributed by atoms with E-state index in [1.807, 2.05) is 6.08 Å². The molecule has 0 aromatic rings. The standard InChI is InChI=1S/C20H34O2/c1-6-18(3)12-8-16-19(4)11-7-10-17(2,14-21)15(19)9-13-20(16,5)22-18/h6,15-16,21H,1,7-14H2,2-5H3/t15?,16?,17-,18+,19+,20-/m1/s1. The van der Waals surface area contributed by atoms with Crippen LogP contribution in [0.5, 0.6) is 0 Å². The van der Waals surface area contributed by atoms with E-state index in [9.17, 15) is 5.11 Å². The molecule has 3 aliphatic rings. The topological polar surface area (TPSA) is 29.5 Å². The van der Waals surface area contributed by atoms with Crippen LogP contribution in [0.4, 0.5) is 0 Å². The monoisotopic (exact) mass is 306 g/mol. The van der Waals surface area contributed by atoms with Crippen molar-refractivity contribution in [1.82, 2.24) is 0 Å². The predicted octanol–water partition coefficient (Wildman–Crippen LogP) is 4.72. The van der Waals surface area contributed by atoms with Gasteiger partial charge in [-0.25, -0.2) is 0 Å². The SMILES string of the molecule is C=C[C@@]1(C)CCC2[C@@]3(C)CCC[C@](C)(CO)C3CC[C@@]2(C)O1. The molecule has 3 fully saturated rings. The molecule has 6 atom stereocenters. The number of rotatable bonds is 2. The fourth-order valence-corrected chi connectivity index (χ4v) is 6.52. The molecule has 2 unspecified atom stereocenters. The number of aliphatic hydroxyl groups excluding tert-OH is 1. The highest BCUT2D eigenvalue weighted by Gasteiger charge is 2.61. The van der Waals surface area contributed by atoms with Gasteiger partial charge in [0.1, 0.15) is 0 Å². The first kappa shape index (κ1) is 16.5. The lowest BCUT2D eigenvalue weighted by Crippen LogP contribution is -2.63. The average molecular weight is 306 g/mol. The molecule has 1 saturated heterocycles. The van der Waals surface area contributed by atoms with Crippen LogP contribution in [0.15, 0.2) is 12.7 Å². The lowest BCUT2D eigenvalue weighted by Gasteiger charge is -2.65. The van der Waals surface area contributed by atoms with Crippen molar-refractivity contribution >= 4 is 0 Å². The molecule has 0 radical (unpaired) electrons. The Morgan fingerprint density at radius 1 is 1.05 bits per heavy atom. The fraction of sp³-hybridized carbons (Fsp3) is 0.900. The molecule has 2 heteroatoms. The van der Waals surface area contributed by atoms with Gasteiger partial charge in [-0.3, -0.25) is 0 Å². The van der Waals surface area contributed by atoms with Crippen molar-refractivity contribution in [2.24, 2.45) is 22.7 Å². The Kier molecular flexibility index (Phi) is 3.81. The molecule has 1 N–H and O–H groups in total. The predicted molar refractivity (Wildman–Crippen MR) is 90.7 cm³/mol. The summed E-state index contributed by atoms with van der Waals surface area (Å²) < 4.78 is 6.65. The molecule has 0 aromatic heterocycles. The quantitative estimate of drug-likeness (QED) is 0.748. The molecule has 2 saturated carbocycles. The van der Waals surface area contributed by atoms with Gasteiger partial charge in [-0.05, 0) is 75.0 Å². The highest BCUT2D eigenvalue weighted by atomic mass is 16.5. The van der Waals surface area contributed by atoms with E-state index in [0.29, 0.717) is 23.9 Å². The van der Waals surface area contributed by atoms with E-state index in [0.717, 1.165) is 12.8 Å². The summed E-state index contributed by atoms with van der Waals surface area (Å²) in [7, 11) is 0. The number of ether oxygens (including phenoxy) is 1. The minimum absolute atomic E-state index is 0.0276. The van der Waals surface area contributed by atoms with Crippen LogP contribution in [0.2, 0.25) is 0 Å². The Labute approximate surface area is 136 Å². The number of fused-ring (bicyclic) bond motifs is 3. The summed E-state index contributed by atoms with van der Waals surface area (Å²) in [4.78, 5) is 0. The minimum Gasteiger partial charge on any atom is -0.396 e. The van der Waals surface area contributed by atoms with Crippen LogP contribution in [-0.2, 0) is 4.74 Å². The first-order chi connectivity index (χ1) is 10.2. The largest absolute Gasteiger partial charge is 0.396 e. The zero-order valence-corrected chi connectivity index (χ0v) is 15.0. The zero-order valence-electron chi connectivity index (χ0n) is 15.0. The molecule has 0 spiro atoms. The molecular formula is C20H34O2. The summed E-state index contributed by atoms with van der Waals surface area (Å²) in [5.41, 5.74) is 0.224. The van der Waals surface area contributed by atoms with Crippen molar-refractivity contribution in [2.45, 2.75) is 83.8 Å². The van der Waals surface area contributed by atoms with Crippen LogP contribution < -0.4 is 0 Å². The molecule has 2 aliphatic carbocycles. The van der Waals surface area contributed by atoms with Gasteiger partial charge in [0.05, 0.1) is 11.2 Å². The van der Waals surface area contributed by atoms with Gasteiger partial charge in [0, 0.05) is 6.61 Å². The molecule has 0 amide bonds. The lowest BCUT2D eigenvalue weighted by molar-refractivity contribution is -0.256. The highest BCUT2D eigenvalue weighted by Crippen LogP contribution is 2.65. The van der Waals surface area contributed by atoms with Crippen LogP contribution in [-0.4, -0.2) is 22.9 Å². The van der Waals surface area contributed by atoms with Gasteiger partial charge in [0.2, 0.25) is 0 Å². The van der Waals surface area contributed by atoms with Crippen LogP contribution in [0.1, 0.15) is 72.6 Å². The Balaban J connectivity index is 1.94. The van der Waals surface area contributed by atoms with E-state index in [1.165, 1.54) is 32.1 Å². The van der Waals surface area contributed by atoms with E-state index in [-0.39, 0.29) is 16.6 Å². The van der Waals surface area contributed by atoms with Gasteiger partial charge in [-0.1, -0.05) is 26.3 Å². The summed E-state index contributed by atoms with van der Waals surface area (Å²) in [5.74, 6) is 1.24. The summed E-state index contributed by atoms with van der Waals surface area (Å²) >= 11 is 0. The first-order valence-corrected chi connectivity index (χ1v) is 9.16. The average Bonchev–Trinajstić information content (AvgIpc) is 2.46. The van der Waals surface area contributed by atoms with Crippen LogP contribution in [0.3, 0.4) is 0 Å². The van der Waals surface area contributed by atoms with Crippen LogP contribution in [0.25, 0.3) is 0 Å². The van der Waals surface area contributed by atoms with Gasteiger partial charge in [0.25, 0.3) is 0 Å². The normalized spacial score (nSPS) is 55.1. The van der Waals surface area contributed by atoms with Crippen molar-refractivity contribution in [3.05, 3.63) is 12.7 Å². The van der Waals surface area contributed by atoms with Gasteiger partial charge in [-0.15, -0.1) is 6.58 Å². The molecule has 2 nitrogen and oxygen atoms in total. The molecule has 0 aromatic carbocycles. The highest BCUT2D eigenvalue weighted by molar-refractivity contribution is 5.13. The summed E-state index contributed by atoms with van der Waals surface area (Å²) in [5, 5.41) is 10.0. The maximum Gasteiger partial charge on any atom is 0.0839 e. The molecule has 22 heavy (non-hydrogen) atoms. The van der Waals surface area contributed by atoms with E-state index >= 15 is 0 Å². The summed E-state index contributed by atoms with van der Waals surface area (Å²) in [6, 6.07) is 0. The van der Waals surface area contributed by atoms with Gasteiger partial charge in [-0.2, -0.15) is 0 Å². The number of hydrogen-bond acceptors (Lipinski definition) is 2. The van der Waals surface area contributed by atoms with Gasteiger partial charge < -0.3 is 9.84 Å². The van der Waals surface area contributed by atoms with Gasteiger partial charge >= 0.3 is 0 Å². The van der Waals surface area contributed by atoms with Crippen molar-refractivity contribution in [3.8, 4) is 0 Å². The van der Waals surface area contributed by atoms with Crippen LogP contribution >= 0.6 is 0 Å². The minimum atomic E-state index is -0.163. The van der Waals surface area contributed by atoms with E-state index in [4.69, 9.17) is 4.74 Å². The zero-order chi connectivity index (χ0) is 16.2. The smallest absolute Gasteiger partial charge is 0.0839 e. The molecular weight excluding hydrogens is 272 g/mol. The summed E-state index contributed by atoms with van der Waals surface area (Å²) in [6.45, 7) is 13.7. The molecule has 3 rings (SSSR count). The van der Waals surface area contributed by atoms with Crippen molar-refractivity contribution < 1.29 is 9.84 Å². The Morgan fingerprint density at radius 3 is 2.36 bits per heavy atom. The van der Waals surface area contributed by atoms with E-state index in [1.54, 1.807) is 0 Å². The first-order valence-electron chi connectivity index (χ1n) is 9.16. The number of aliphatic hydroxyl groups is 1. The second kappa shape index (κ2) is 5.08. The maximum atomic E-state index is 10.0. The molecule has 126 valence electrons. The van der Waals surface area contributed by atoms with Crippen molar-refractivity contribution in [1.29, 1.82) is 0 Å². The third-order valence-electron chi connectivity index (χ3n) is 7.75. The number of hydrogen-bond donors (Lipinski definition) is 1. The second-order valence-corrected chi connectivity index (χ2v) is 9.29. The van der Waals surface area contributed by atoms with E-state index < -0.39 is 0 Å². The van der Waals surface area contributed by atoms with Crippen LogP contribution in [0, 0.1) is 22.7 Å². The Morgan fingerprint density at radius 2 is 1.73 bits per heavy atom. The fourth-order valence-electron chi connectivity index (χ4n) is 6.52. The third kappa shape index (κ3) is 2.21. The van der Waals surface area contributed by atoms with Gasteiger partial charge in [0.15, 0.2) is 0 Å². The molecule has 1 aliphatic heterocycles. The second-order valence-electron chi connectivity index (χ2n) is 9.29. The molecule has 1 heterocycles. The molecule has 0 bridgehead atoms. The summed E-state index contributed by atoms with van der Waals surface area (Å²) in [6.07, 6.45) is 10.3. The third-order valence-corrected chi connectivity index (χ3v) is 7.75. The van der Waals surface area contributed by atoms with Crippen molar-refractivity contribution in [3.63, 3.8) is 0 Å². The van der Waals surface area contributed by atoms with Crippen molar-refractivity contribution in [2.75, 3.05) is 6.61 Å². The van der Waals surface area contributed by atoms with E-state index in [2.05, 4.69) is 34.3 Å². The Hall–Kier alpha value is -0.340. The lowest BCUT2D eigenvalue weighted by atomic mass is 9.44.